The summed E-state index contributed by atoms with van der Waals surface area (Å²) in [5.41, 5.74) is 0.625. The molecule has 0 radical (unpaired) electrons. The maximum absolute atomic E-state index is 12.8. The Bertz CT molecular complexity index is 745. The molecule has 2 heterocycles. The van der Waals surface area contributed by atoms with E-state index in [0.717, 1.165) is 12.8 Å². The Balaban J connectivity index is 1.74. The van der Waals surface area contributed by atoms with Gasteiger partial charge in [-0.25, -0.2) is 4.79 Å². The molecule has 3 N–H and O–H groups in total. The van der Waals surface area contributed by atoms with Crippen LogP contribution in [0.5, 0.6) is 5.75 Å². The predicted molar refractivity (Wildman–Crippen MR) is 95.2 cm³/mol. The Kier molecular flexibility index (Phi) is 5.78. The molecule has 1 atom stereocenters. The number of rotatable bonds is 5. The van der Waals surface area contributed by atoms with Crippen molar-refractivity contribution >= 4 is 11.9 Å². The summed E-state index contributed by atoms with van der Waals surface area (Å²) >= 11 is 0. The Hall–Kier alpha value is -2.96. The number of carbonyl (C=O) groups excluding carboxylic acids is 2. The van der Waals surface area contributed by atoms with Gasteiger partial charge in [-0.05, 0) is 37.5 Å². The van der Waals surface area contributed by atoms with Crippen molar-refractivity contribution in [3.63, 3.8) is 0 Å². The van der Waals surface area contributed by atoms with Crippen LogP contribution in [-0.2, 0) is 17.9 Å². The molecule has 1 aliphatic rings. The van der Waals surface area contributed by atoms with Crippen molar-refractivity contribution in [1.82, 2.24) is 15.5 Å². The van der Waals surface area contributed by atoms with Crippen LogP contribution in [0.3, 0.4) is 0 Å². The van der Waals surface area contributed by atoms with Gasteiger partial charge in [0.1, 0.15) is 17.6 Å². The van der Waals surface area contributed by atoms with E-state index in [1.165, 1.54) is 4.90 Å². The first-order valence-corrected chi connectivity index (χ1v) is 8.76. The molecule has 7 nitrogen and oxygen atoms in total. The topological polar surface area (TPSA) is 94.8 Å². The van der Waals surface area contributed by atoms with Gasteiger partial charge in [-0.3, -0.25) is 4.79 Å². The van der Waals surface area contributed by atoms with Crippen LogP contribution in [0.1, 0.15) is 30.6 Å². The van der Waals surface area contributed by atoms with Crippen LogP contribution < -0.4 is 10.6 Å². The van der Waals surface area contributed by atoms with Gasteiger partial charge < -0.3 is 25.1 Å². The second-order valence-electron chi connectivity index (χ2n) is 6.35. The van der Waals surface area contributed by atoms with Crippen molar-refractivity contribution < 1.29 is 19.1 Å². The van der Waals surface area contributed by atoms with Crippen LogP contribution in [-0.4, -0.2) is 34.5 Å². The van der Waals surface area contributed by atoms with E-state index < -0.39 is 6.04 Å². The number of urea groups is 1. The fraction of sp³-hybridized carbons (Fsp3) is 0.368. The van der Waals surface area contributed by atoms with Gasteiger partial charge in [-0.2, -0.15) is 0 Å². The number of hydrogen-bond donors (Lipinski definition) is 3. The molecule has 2 aromatic rings. The first-order chi connectivity index (χ1) is 12.6. The number of phenols is 1. The minimum absolute atomic E-state index is 0.122. The number of nitrogens with one attached hydrogen (secondary N) is 2. The van der Waals surface area contributed by atoms with Gasteiger partial charge in [0.25, 0.3) is 0 Å². The second kappa shape index (κ2) is 8.42. The maximum atomic E-state index is 12.8. The zero-order valence-electron chi connectivity index (χ0n) is 14.5. The van der Waals surface area contributed by atoms with Crippen LogP contribution in [0.2, 0.25) is 0 Å². The van der Waals surface area contributed by atoms with Crippen molar-refractivity contribution in [2.75, 3.05) is 6.54 Å². The third-order valence-corrected chi connectivity index (χ3v) is 4.40. The summed E-state index contributed by atoms with van der Waals surface area (Å²) in [5.74, 6) is 0.592. The van der Waals surface area contributed by atoms with Crippen LogP contribution in [0.15, 0.2) is 47.1 Å². The molecular formula is C19H23N3O4. The molecule has 0 aliphatic carbocycles. The lowest BCUT2D eigenvalue weighted by molar-refractivity contribution is -0.122. The van der Waals surface area contributed by atoms with Gasteiger partial charge in [0.05, 0.1) is 19.4 Å². The van der Waals surface area contributed by atoms with E-state index >= 15 is 0 Å². The molecule has 0 bridgehead atoms. The first kappa shape index (κ1) is 17.8. The van der Waals surface area contributed by atoms with Crippen LogP contribution in [0.4, 0.5) is 4.79 Å². The van der Waals surface area contributed by atoms with E-state index in [2.05, 4.69) is 10.6 Å². The molecule has 1 aromatic carbocycles. The molecule has 1 saturated heterocycles. The van der Waals surface area contributed by atoms with E-state index in [1.54, 1.807) is 42.7 Å². The number of aromatic hydroxyl groups is 1. The molecule has 0 spiro atoms. The lowest BCUT2D eigenvalue weighted by atomic mass is 10.1. The van der Waals surface area contributed by atoms with Crippen molar-refractivity contribution in [2.45, 2.75) is 38.4 Å². The summed E-state index contributed by atoms with van der Waals surface area (Å²) in [6, 6.07) is 9.49. The Morgan fingerprint density at radius 1 is 1.23 bits per heavy atom. The molecule has 0 unspecified atom stereocenters. The quantitative estimate of drug-likeness (QED) is 0.766. The highest BCUT2D eigenvalue weighted by Crippen LogP contribution is 2.19. The number of hydrogen-bond acceptors (Lipinski definition) is 4. The molecule has 138 valence electrons. The van der Waals surface area contributed by atoms with E-state index in [4.69, 9.17) is 4.42 Å². The van der Waals surface area contributed by atoms with E-state index in [0.29, 0.717) is 24.3 Å². The summed E-state index contributed by atoms with van der Waals surface area (Å²) in [6.45, 7) is 1.08. The molecular weight excluding hydrogens is 334 g/mol. The number of nitrogens with zero attached hydrogens (tertiary/aromatic N) is 1. The Morgan fingerprint density at radius 2 is 2.08 bits per heavy atom. The Morgan fingerprint density at radius 3 is 2.85 bits per heavy atom. The van der Waals surface area contributed by atoms with E-state index in [-0.39, 0.29) is 30.8 Å². The Labute approximate surface area is 152 Å². The van der Waals surface area contributed by atoms with Crippen molar-refractivity contribution in [2.24, 2.45) is 0 Å². The summed E-state index contributed by atoms with van der Waals surface area (Å²) < 4.78 is 5.35. The highest BCUT2D eigenvalue weighted by Gasteiger charge is 2.25. The third kappa shape index (κ3) is 4.56. The smallest absolute Gasteiger partial charge is 0.318 e. The van der Waals surface area contributed by atoms with Gasteiger partial charge in [-0.15, -0.1) is 0 Å². The molecule has 1 aliphatic heterocycles. The van der Waals surface area contributed by atoms with Crippen LogP contribution in [0.25, 0.3) is 0 Å². The van der Waals surface area contributed by atoms with Gasteiger partial charge >= 0.3 is 6.03 Å². The molecule has 3 amide bonds. The van der Waals surface area contributed by atoms with Crippen molar-refractivity contribution in [3.05, 3.63) is 54.0 Å². The maximum Gasteiger partial charge on any atom is 0.318 e. The number of furan rings is 1. The monoisotopic (exact) mass is 357 g/mol. The van der Waals surface area contributed by atoms with Gasteiger partial charge in [-0.1, -0.05) is 18.2 Å². The fourth-order valence-corrected chi connectivity index (χ4v) is 2.96. The number of benzene rings is 1. The van der Waals surface area contributed by atoms with Crippen molar-refractivity contribution in [3.8, 4) is 5.75 Å². The number of para-hydroxylation sites is 1. The summed E-state index contributed by atoms with van der Waals surface area (Å²) in [7, 11) is 0. The summed E-state index contributed by atoms with van der Waals surface area (Å²) in [6.07, 6.45) is 3.94. The lowest BCUT2D eigenvalue weighted by Crippen LogP contribution is -2.50. The highest BCUT2D eigenvalue weighted by molar-refractivity contribution is 5.87. The minimum Gasteiger partial charge on any atom is -0.508 e. The summed E-state index contributed by atoms with van der Waals surface area (Å²) in [5, 5.41) is 15.6. The fourth-order valence-electron chi connectivity index (χ4n) is 2.96. The van der Waals surface area contributed by atoms with E-state index in [1.807, 2.05) is 0 Å². The molecule has 3 rings (SSSR count). The lowest BCUT2D eigenvalue weighted by Gasteiger charge is -2.25. The van der Waals surface area contributed by atoms with E-state index in [9.17, 15) is 14.7 Å². The third-order valence-electron chi connectivity index (χ3n) is 4.40. The van der Waals surface area contributed by atoms with Gasteiger partial charge in [0.15, 0.2) is 0 Å². The van der Waals surface area contributed by atoms with Crippen LogP contribution >= 0.6 is 0 Å². The standard InChI is InChI=1S/C19H23N3O4/c23-17-9-2-1-6-14(17)12-22(13-15-7-5-11-26-15)19(25)21-16-8-3-4-10-20-18(16)24/h1-2,5-7,9,11,16,23H,3-4,8,10,12-13H2,(H,20,24)(H,21,25)/t16-/m0/s1. The van der Waals surface area contributed by atoms with Crippen molar-refractivity contribution in [1.29, 1.82) is 0 Å². The first-order valence-electron chi connectivity index (χ1n) is 8.76. The highest BCUT2D eigenvalue weighted by atomic mass is 16.3. The zero-order valence-corrected chi connectivity index (χ0v) is 14.5. The van der Waals surface area contributed by atoms with Gasteiger partial charge in [0.2, 0.25) is 5.91 Å². The molecule has 1 fully saturated rings. The molecule has 0 saturated carbocycles. The molecule has 26 heavy (non-hydrogen) atoms. The minimum atomic E-state index is -0.548. The van der Waals surface area contributed by atoms with Crippen LogP contribution in [0, 0.1) is 0 Å². The zero-order chi connectivity index (χ0) is 18.4. The number of carbonyl (C=O) groups is 2. The molecule has 1 aromatic heterocycles. The second-order valence-corrected chi connectivity index (χ2v) is 6.35. The summed E-state index contributed by atoms with van der Waals surface area (Å²) in [4.78, 5) is 26.4. The average molecular weight is 357 g/mol. The molecule has 7 heteroatoms. The predicted octanol–water partition coefficient (Wildman–Crippen LogP) is 2.37. The average Bonchev–Trinajstić information content (AvgIpc) is 3.06. The SMILES string of the molecule is O=C1NCCCC[C@@H]1NC(=O)N(Cc1ccco1)Cc1ccccc1O. The largest absolute Gasteiger partial charge is 0.508 e. The number of phenolic OH excluding ortho intramolecular Hbond substituents is 1. The number of amides is 3. The normalized spacial score (nSPS) is 17.2. The van der Waals surface area contributed by atoms with Gasteiger partial charge in [0, 0.05) is 12.1 Å².